The highest BCUT2D eigenvalue weighted by Crippen LogP contribution is 2.29. The number of amides is 1. The van der Waals surface area contributed by atoms with E-state index < -0.39 is 17.6 Å². The predicted molar refractivity (Wildman–Crippen MR) is 93.4 cm³/mol. The summed E-state index contributed by atoms with van der Waals surface area (Å²) in [5.74, 6) is 1.57. The van der Waals surface area contributed by atoms with Crippen molar-refractivity contribution in [3.05, 3.63) is 47.3 Å². The summed E-state index contributed by atoms with van der Waals surface area (Å²) in [7, 11) is 3.74. The third-order valence-electron chi connectivity index (χ3n) is 3.47. The molecule has 0 aliphatic carbocycles. The average Bonchev–Trinajstić information content (AvgIpc) is 2.57. The van der Waals surface area contributed by atoms with E-state index in [1.807, 2.05) is 19.0 Å². The van der Waals surface area contributed by atoms with Crippen LogP contribution in [-0.2, 0) is 6.18 Å². The molecule has 0 unspecified atom stereocenters. The molecule has 1 aromatic heterocycles. The zero-order chi connectivity index (χ0) is 19.3. The maximum Gasteiger partial charge on any atom is 0.416 e. The van der Waals surface area contributed by atoms with Crippen molar-refractivity contribution < 1.29 is 18.0 Å². The van der Waals surface area contributed by atoms with E-state index in [4.69, 9.17) is 0 Å². The summed E-state index contributed by atoms with van der Waals surface area (Å²) in [4.78, 5) is 22.3. The van der Waals surface area contributed by atoms with Crippen molar-refractivity contribution >= 4 is 17.5 Å². The first-order valence-corrected chi connectivity index (χ1v) is 7.89. The number of alkyl halides is 3. The molecular formula is C17H20F3N5O. The molecule has 0 spiro atoms. The van der Waals surface area contributed by atoms with Crippen LogP contribution in [0.2, 0.25) is 0 Å². The van der Waals surface area contributed by atoms with Gasteiger partial charge in [0, 0.05) is 38.8 Å². The van der Waals surface area contributed by atoms with Gasteiger partial charge in [-0.15, -0.1) is 0 Å². The van der Waals surface area contributed by atoms with Gasteiger partial charge in [-0.25, -0.2) is 9.97 Å². The van der Waals surface area contributed by atoms with Gasteiger partial charge in [0.25, 0.3) is 5.91 Å². The summed E-state index contributed by atoms with van der Waals surface area (Å²) in [6, 6.07) is 5.87. The Morgan fingerprint density at radius 3 is 2.35 bits per heavy atom. The van der Waals surface area contributed by atoms with E-state index in [-0.39, 0.29) is 5.56 Å². The zero-order valence-corrected chi connectivity index (χ0v) is 14.7. The first-order valence-electron chi connectivity index (χ1n) is 7.89. The second-order valence-electron chi connectivity index (χ2n) is 5.81. The number of nitrogens with zero attached hydrogens (tertiary/aromatic N) is 3. The normalized spacial score (nSPS) is 11.2. The maximum atomic E-state index is 12.5. The van der Waals surface area contributed by atoms with Crippen LogP contribution in [0.1, 0.15) is 21.7 Å². The van der Waals surface area contributed by atoms with E-state index in [2.05, 4.69) is 20.6 Å². The number of benzene rings is 1. The molecule has 2 N–H and O–H groups in total. The van der Waals surface area contributed by atoms with Crippen LogP contribution < -0.4 is 15.5 Å². The van der Waals surface area contributed by atoms with Crippen LogP contribution in [-0.4, -0.2) is 43.1 Å². The minimum atomic E-state index is -4.42. The summed E-state index contributed by atoms with van der Waals surface area (Å²) in [5, 5.41) is 5.72. The molecule has 1 aromatic carbocycles. The second kappa shape index (κ2) is 8.03. The Morgan fingerprint density at radius 2 is 1.77 bits per heavy atom. The van der Waals surface area contributed by atoms with Crippen LogP contribution in [0.15, 0.2) is 30.3 Å². The molecule has 0 saturated heterocycles. The largest absolute Gasteiger partial charge is 0.416 e. The van der Waals surface area contributed by atoms with E-state index in [1.165, 1.54) is 0 Å². The lowest BCUT2D eigenvalue weighted by atomic mass is 10.1. The Hall–Kier alpha value is -2.84. The highest BCUT2D eigenvalue weighted by atomic mass is 19.4. The smallest absolute Gasteiger partial charge is 0.368 e. The molecule has 2 aromatic rings. The van der Waals surface area contributed by atoms with Crippen LogP contribution in [0.5, 0.6) is 0 Å². The molecule has 0 aliphatic heterocycles. The first kappa shape index (κ1) is 19.5. The number of hydrogen-bond acceptors (Lipinski definition) is 5. The Balaban J connectivity index is 1.85. The van der Waals surface area contributed by atoms with E-state index in [1.54, 1.807) is 13.0 Å². The number of carbonyl (C=O) groups excluding carboxylic acids is 1. The average molecular weight is 367 g/mol. The molecule has 0 saturated carbocycles. The van der Waals surface area contributed by atoms with Gasteiger partial charge in [-0.05, 0) is 31.2 Å². The van der Waals surface area contributed by atoms with Crippen LogP contribution in [0.4, 0.5) is 24.8 Å². The van der Waals surface area contributed by atoms with Crippen molar-refractivity contribution in [2.75, 3.05) is 37.4 Å². The molecule has 2 rings (SSSR count). The molecule has 9 heteroatoms. The lowest BCUT2D eigenvalue weighted by Gasteiger charge is -2.14. The SMILES string of the molecule is Cc1nc(NCCNC(=O)c2ccc(C(F)(F)F)cc2)cc(N(C)C)n1. The van der Waals surface area contributed by atoms with Gasteiger partial charge in [0.15, 0.2) is 0 Å². The first-order chi connectivity index (χ1) is 12.2. The fourth-order valence-electron chi connectivity index (χ4n) is 2.15. The van der Waals surface area contributed by atoms with Gasteiger partial charge in [-0.3, -0.25) is 4.79 Å². The number of carbonyl (C=O) groups is 1. The quantitative estimate of drug-likeness (QED) is 0.769. The van der Waals surface area contributed by atoms with Crippen molar-refractivity contribution in [3.8, 4) is 0 Å². The number of rotatable bonds is 6. The minimum absolute atomic E-state index is 0.172. The Bertz CT molecular complexity index is 760. The number of halogens is 3. The fraction of sp³-hybridized carbons (Fsp3) is 0.353. The molecule has 0 bridgehead atoms. The predicted octanol–water partition coefficient (Wildman–Crippen LogP) is 2.71. The van der Waals surface area contributed by atoms with Crippen LogP contribution >= 0.6 is 0 Å². The second-order valence-corrected chi connectivity index (χ2v) is 5.81. The number of anilines is 2. The highest BCUT2D eigenvalue weighted by Gasteiger charge is 2.30. The molecule has 1 heterocycles. The third-order valence-corrected chi connectivity index (χ3v) is 3.47. The van der Waals surface area contributed by atoms with Gasteiger partial charge in [-0.2, -0.15) is 13.2 Å². The lowest BCUT2D eigenvalue weighted by Crippen LogP contribution is -2.29. The van der Waals surface area contributed by atoms with Crippen molar-refractivity contribution in [2.24, 2.45) is 0 Å². The minimum Gasteiger partial charge on any atom is -0.368 e. The Morgan fingerprint density at radius 1 is 1.12 bits per heavy atom. The van der Waals surface area contributed by atoms with Crippen molar-refractivity contribution in [1.82, 2.24) is 15.3 Å². The third kappa shape index (κ3) is 5.33. The van der Waals surface area contributed by atoms with E-state index in [0.717, 1.165) is 30.1 Å². The van der Waals surface area contributed by atoms with E-state index in [9.17, 15) is 18.0 Å². The number of nitrogens with one attached hydrogen (secondary N) is 2. The molecule has 0 atom stereocenters. The van der Waals surface area contributed by atoms with Gasteiger partial charge >= 0.3 is 6.18 Å². The lowest BCUT2D eigenvalue weighted by molar-refractivity contribution is -0.137. The fourth-order valence-corrected chi connectivity index (χ4v) is 2.15. The molecule has 140 valence electrons. The van der Waals surface area contributed by atoms with Crippen molar-refractivity contribution in [2.45, 2.75) is 13.1 Å². The number of hydrogen-bond donors (Lipinski definition) is 2. The van der Waals surface area contributed by atoms with Gasteiger partial charge in [0.2, 0.25) is 0 Å². The summed E-state index contributed by atoms with van der Waals surface area (Å²) in [6.07, 6.45) is -4.42. The zero-order valence-electron chi connectivity index (χ0n) is 14.7. The van der Waals surface area contributed by atoms with Crippen LogP contribution in [0, 0.1) is 6.92 Å². The Labute approximate surface area is 149 Å². The summed E-state index contributed by atoms with van der Waals surface area (Å²) in [6.45, 7) is 2.49. The topological polar surface area (TPSA) is 70.2 Å². The van der Waals surface area contributed by atoms with E-state index >= 15 is 0 Å². The van der Waals surface area contributed by atoms with Crippen molar-refractivity contribution in [1.29, 1.82) is 0 Å². The molecule has 0 radical (unpaired) electrons. The molecule has 6 nitrogen and oxygen atoms in total. The number of aromatic nitrogens is 2. The van der Waals surface area contributed by atoms with Gasteiger partial charge in [0.1, 0.15) is 17.5 Å². The number of aryl methyl sites for hydroxylation is 1. The summed E-state index contributed by atoms with van der Waals surface area (Å²) < 4.78 is 37.5. The molecule has 26 heavy (non-hydrogen) atoms. The summed E-state index contributed by atoms with van der Waals surface area (Å²) in [5.41, 5.74) is -0.614. The van der Waals surface area contributed by atoms with E-state index in [0.29, 0.717) is 24.7 Å². The standard InChI is InChI=1S/C17H20F3N5O/c1-11-23-14(10-15(24-11)25(2)3)21-8-9-22-16(26)12-4-6-13(7-5-12)17(18,19)20/h4-7,10H,8-9H2,1-3H3,(H,22,26)(H,21,23,24). The molecular weight excluding hydrogens is 347 g/mol. The monoisotopic (exact) mass is 367 g/mol. The van der Waals surface area contributed by atoms with Gasteiger partial charge in [0.05, 0.1) is 5.56 Å². The molecule has 0 fully saturated rings. The molecule has 1 amide bonds. The Kier molecular flexibility index (Phi) is 6.01. The van der Waals surface area contributed by atoms with Crippen molar-refractivity contribution in [3.63, 3.8) is 0 Å². The van der Waals surface area contributed by atoms with Gasteiger partial charge in [-0.1, -0.05) is 0 Å². The van der Waals surface area contributed by atoms with Crippen LogP contribution in [0.3, 0.4) is 0 Å². The van der Waals surface area contributed by atoms with Gasteiger partial charge < -0.3 is 15.5 Å². The van der Waals surface area contributed by atoms with Crippen LogP contribution in [0.25, 0.3) is 0 Å². The molecule has 0 aliphatic rings. The highest BCUT2D eigenvalue weighted by molar-refractivity contribution is 5.94. The summed E-state index contributed by atoms with van der Waals surface area (Å²) >= 11 is 0. The maximum absolute atomic E-state index is 12.5.